The molecule has 4 nitrogen and oxygen atoms in total. The number of piperazine rings is 1. The van der Waals surface area contributed by atoms with Crippen LogP contribution in [0.15, 0.2) is 30.5 Å². The van der Waals surface area contributed by atoms with Crippen LogP contribution >= 0.6 is 12.4 Å². The van der Waals surface area contributed by atoms with Crippen molar-refractivity contribution in [2.24, 2.45) is 0 Å². The topological polar surface area (TPSA) is 33.1 Å². The molecule has 5 heteroatoms. The maximum Gasteiger partial charge on any atom is 0.0920 e. The normalized spacial score (nSPS) is 16.1. The molecule has 1 aromatic carbocycles. The van der Waals surface area contributed by atoms with Crippen LogP contribution in [0.25, 0.3) is 10.9 Å². The van der Waals surface area contributed by atoms with Gasteiger partial charge in [0, 0.05) is 31.6 Å². The highest BCUT2D eigenvalue weighted by Gasteiger charge is 2.12. The summed E-state index contributed by atoms with van der Waals surface area (Å²) in [5.74, 6) is 0. The third-order valence-electron chi connectivity index (χ3n) is 2.82. The first-order chi connectivity index (χ1) is 7.45. The van der Waals surface area contributed by atoms with E-state index in [1.807, 2.05) is 17.1 Å². The van der Waals surface area contributed by atoms with Gasteiger partial charge in [-0.2, -0.15) is 9.89 Å². The van der Waals surface area contributed by atoms with E-state index in [2.05, 4.69) is 33.6 Å². The van der Waals surface area contributed by atoms with Crippen molar-refractivity contribution in [1.29, 1.82) is 0 Å². The second-order valence-corrected chi connectivity index (χ2v) is 3.80. The number of para-hydroxylation sites is 1. The summed E-state index contributed by atoms with van der Waals surface area (Å²) in [6.07, 6.45) is 1.93. The number of hydrogen-bond acceptors (Lipinski definition) is 3. The Labute approximate surface area is 101 Å². The Bertz CT molecular complexity index is 462. The first-order valence-corrected chi connectivity index (χ1v) is 5.34. The van der Waals surface area contributed by atoms with Crippen molar-refractivity contribution in [3.05, 3.63) is 30.5 Å². The lowest BCUT2D eigenvalue weighted by molar-refractivity contribution is 0.470. The van der Waals surface area contributed by atoms with E-state index in [0.29, 0.717) is 0 Å². The number of nitrogens with one attached hydrogen (secondary N) is 1. The van der Waals surface area contributed by atoms with Gasteiger partial charge in [-0.3, -0.25) is 5.01 Å². The van der Waals surface area contributed by atoms with Gasteiger partial charge >= 0.3 is 0 Å². The minimum atomic E-state index is 0. The van der Waals surface area contributed by atoms with Crippen LogP contribution < -0.4 is 10.3 Å². The molecule has 1 fully saturated rings. The van der Waals surface area contributed by atoms with Gasteiger partial charge in [0.05, 0.1) is 11.7 Å². The molecule has 2 aromatic rings. The van der Waals surface area contributed by atoms with Crippen molar-refractivity contribution in [3.8, 4) is 0 Å². The molecule has 0 aliphatic carbocycles. The van der Waals surface area contributed by atoms with Crippen LogP contribution in [-0.2, 0) is 0 Å². The first kappa shape index (κ1) is 11.2. The Balaban J connectivity index is 0.000000963. The molecule has 0 amide bonds. The fourth-order valence-corrected chi connectivity index (χ4v) is 2.03. The molecule has 16 heavy (non-hydrogen) atoms. The maximum absolute atomic E-state index is 4.43. The number of aromatic nitrogens is 2. The van der Waals surface area contributed by atoms with E-state index >= 15 is 0 Å². The second kappa shape index (κ2) is 4.72. The number of fused-ring (bicyclic) bond motifs is 1. The van der Waals surface area contributed by atoms with Crippen molar-refractivity contribution in [2.75, 3.05) is 31.2 Å². The summed E-state index contributed by atoms with van der Waals surface area (Å²) in [5, 5.41) is 11.3. The number of halogens is 1. The number of nitrogens with zero attached hydrogens (tertiary/aromatic N) is 3. The highest BCUT2D eigenvalue weighted by atomic mass is 35.5. The summed E-state index contributed by atoms with van der Waals surface area (Å²) in [6.45, 7) is 4.11. The number of hydrogen-bond donors (Lipinski definition) is 1. The Morgan fingerprint density at radius 3 is 2.69 bits per heavy atom. The minimum absolute atomic E-state index is 0. The minimum Gasteiger partial charge on any atom is -0.313 e. The molecular formula is C11H15ClN4. The molecule has 0 saturated carbocycles. The van der Waals surface area contributed by atoms with Crippen molar-refractivity contribution in [3.63, 3.8) is 0 Å². The highest BCUT2D eigenvalue weighted by molar-refractivity contribution is 5.85. The maximum atomic E-state index is 4.43. The van der Waals surface area contributed by atoms with Crippen LogP contribution in [0, 0.1) is 0 Å². The third kappa shape index (κ3) is 1.86. The number of rotatable bonds is 1. The van der Waals surface area contributed by atoms with E-state index in [0.717, 1.165) is 26.2 Å². The molecule has 3 rings (SSSR count). The zero-order chi connectivity index (χ0) is 10.1. The largest absolute Gasteiger partial charge is 0.313 e. The van der Waals surface area contributed by atoms with Gasteiger partial charge in [-0.15, -0.1) is 12.4 Å². The molecule has 1 aliphatic heterocycles. The predicted octanol–water partition coefficient (Wildman–Crippen LogP) is 0.999. The molecule has 1 saturated heterocycles. The second-order valence-electron chi connectivity index (χ2n) is 3.80. The van der Waals surface area contributed by atoms with Crippen LogP contribution in [0.5, 0.6) is 0 Å². The van der Waals surface area contributed by atoms with Crippen LogP contribution in [0.3, 0.4) is 0 Å². The van der Waals surface area contributed by atoms with Crippen molar-refractivity contribution in [1.82, 2.24) is 15.2 Å². The van der Waals surface area contributed by atoms with Gasteiger partial charge in [0.25, 0.3) is 0 Å². The van der Waals surface area contributed by atoms with Gasteiger partial charge in [-0.05, 0) is 6.07 Å². The molecule has 1 N–H and O–H groups in total. The molecule has 0 atom stereocenters. The van der Waals surface area contributed by atoms with E-state index in [1.54, 1.807) is 0 Å². The molecule has 2 heterocycles. The average molecular weight is 239 g/mol. The molecule has 0 radical (unpaired) electrons. The van der Waals surface area contributed by atoms with Crippen molar-refractivity contribution in [2.45, 2.75) is 0 Å². The Kier molecular flexibility index (Phi) is 3.31. The average Bonchev–Trinajstić information content (AvgIpc) is 2.74. The summed E-state index contributed by atoms with van der Waals surface area (Å²) < 4.78 is 0. The van der Waals surface area contributed by atoms with Crippen molar-refractivity contribution >= 4 is 23.3 Å². The lowest BCUT2D eigenvalue weighted by atomic mass is 10.3. The van der Waals surface area contributed by atoms with Gasteiger partial charge in [0.1, 0.15) is 0 Å². The zero-order valence-electron chi connectivity index (χ0n) is 8.97. The highest BCUT2D eigenvalue weighted by Crippen LogP contribution is 2.12. The predicted molar refractivity (Wildman–Crippen MR) is 67.8 cm³/mol. The monoisotopic (exact) mass is 238 g/mol. The van der Waals surface area contributed by atoms with Gasteiger partial charge in [0.15, 0.2) is 0 Å². The van der Waals surface area contributed by atoms with Crippen LogP contribution in [0.1, 0.15) is 0 Å². The van der Waals surface area contributed by atoms with Crippen LogP contribution in [0.2, 0.25) is 0 Å². The van der Waals surface area contributed by atoms with Gasteiger partial charge in [0.2, 0.25) is 0 Å². The quantitative estimate of drug-likeness (QED) is 0.805. The SMILES string of the molecule is Cl.c1ccc2c(c1)cnn2N1CCNCC1. The summed E-state index contributed by atoms with van der Waals surface area (Å²) in [6, 6.07) is 8.32. The van der Waals surface area contributed by atoms with Gasteiger partial charge < -0.3 is 5.32 Å². The van der Waals surface area contributed by atoms with Crippen molar-refractivity contribution < 1.29 is 0 Å². The Morgan fingerprint density at radius 1 is 1.12 bits per heavy atom. The fourth-order valence-electron chi connectivity index (χ4n) is 2.03. The van der Waals surface area contributed by atoms with E-state index < -0.39 is 0 Å². The Morgan fingerprint density at radius 2 is 1.88 bits per heavy atom. The first-order valence-electron chi connectivity index (χ1n) is 5.34. The Hall–Kier alpha value is -1.26. The van der Waals surface area contributed by atoms with E-state index in [4.69, 9.17) is 0 Å². The molecule has 0 unspecified atom stereocenters. The summed E-state index contributed by atoms with van der Waals surface area (Å²) in [5.41, 5.74) is 1.19. The smallest absolute Gasteiger partial charge is 0.0920 e. The lowest BCUT2D eigenvalue weighted by Gasteiger charge is -2.29. The summed E-state index contributed by atoms with van der Waals surface area (Å²) >= 11 is 0. The number of benzene rings is 1. The van der Waals surface area contributed by atoms with Gasteiger partial charge in [-0.1, -0.05) is 18.2 Å². The molecule has 86 valence electrons. The van der Waals surface area contributed by atoms with E-state index in [-0.39, 0.29) is 12.4 Å². The molecule has 1 aliphatic rings. The fraction of sp³-hybridized carbons (Fsp3) is 0.364. The summed E-state index contributed by atoms with van der Waals surface area (Å²) in [7, 11) is 0. The summed E-state index contributed by atoms with van der Waals surface area (Å²) in [4.78, 5) is 2.02. The zero-order valence-corrected chi connectivity index (χ0v) is 9.78. The third-order valence-corrected chi connectivity index (χ3v) is 2.82. The van der Waals surface area contributed by atoms with Crippen LogP contribution in [0.4, 0.5) is 0 Å². The van der Waals surface area contributed by atoms with E-state index in [1.165, 1.54) is 10.9 Å². The van der Waals surface area contributed by atoms with Crippen LogP contribution in [-0.4, -0.2) is 36.1 Å². The van der Waals surface area contributed by atoms with E-state index in [9.17, 15) is 0 Å². The lowest BCUT2D eigenvalue weighted by Crippen LogP contribution is -2.49. The molecule has 0 bridgehead atoms. The molecular weight excluding hydrogens is 224 g/mol. The van der Waals surface area contributed by atoms with Gasteiger partial charge in [-0.25, -0.2) is 0 Å². The molecule has 0 spiro atoms. The molecule has 1 aromatic heterocycles. The standard InChI is InChI=1S/C11H14N4.ClH/c1-2-4-11-10(3-1)9-13-15(11)14-7-5-12-6-8-14;/h1-4,9,12H,5-8H2;1H.